The second-order valence-electron chi connectivity index (χ2n) is 5.23. The van der Waals surface area contributed by atoms with E-state index < -0.39 is 10.1 Å². The molecule has 0 spiro atoms. The van der Waals surface area contributed by atoms with Gasteiger partial charge >= 0.3 is 0 Å². The first kappa shape index (κ1) is 20.1. The summed E-state index contributed by atoms with van der Waals surface area (Å²) in [6.07, 6.45) is 0.197. The summed E-state index contributed by atoms with van der Waals surface area (Å²) in [7, 11) is -3.72. The maximum absolute atomic E-state index is 11.9. The Bertz CT molecular complexity index is 524. The lowest BCUT2D eigenvalue weighted by Crippen LogP contribution is -2.15. The molecule has 0 heterocycles. The molecule has 0 radical (unpaired) electrons. The number of hydrogen-bond acceptors (Lipinski definition) is 6. The van der Waals surface area contributed by atoms with E-state index in [-0.39, 0.29) is 24.2 Å². The molecule has 0 aliphatic carbocycles. The van der Waals surface area contributed by atoms with Crippen molar-refractivity contribution in [3.63, 3.8) is 0 Å². The zero-order chi connectivity index (χ0) is 17.1. The highest BCUT2D eigenvalue weighted by Gasteiger charge is 2.14. The van der Waals surface area contributed by atoms with Gasteiger partial charge in [0.1, 0.15) is 0 Å². The maximum atomic E-state index is 11.9. The molecular formula is C16H26O6S. The molecule has 0 aliphatic heterocycles. The normalized spacial score (nSPS) is 12.0. The highest BCUT2D eigenvalue weighted by Crippen LogP contribution is 2.12. The van der Waals surface area contributed by atoms with Gasteiger partial charge in [-0.15, -0.1) is 0 Å². The summed E-state index contributed by atoms with van der Waals surface area (Å²) >= 11 is 0. The topological polar surface area (TPSA) is 71.1 Å². The van der Waals surface area contributed by atoms with Gasteiger partial charge in [0.15, 0.2) is 0 Å². The summed E-state index contributed by atoms with van der Waals surface area (Å²) in [5, 5.41) is 0. The summed E-state index contributed by atoms with van der Waals surface area (Å²) in [5.41, 5.74) is 0.992. The predicted molar refractivity (Wildman–Crippen MR) is 87.0 cm³/mol. The minimum Gasteiger partial charge on any atom is -0.377 e. The fraction of sp³-hybridized carbons (Fsp3) is 0.625. The van der Waals surface area contributed by atoms with Crippen molar-refractivity contribution in [2.75, 3.05) is 39.6 Å². The Balaban J connectivity index is 2.07. The van der Waals surface area contributed by atoms with E-state index in [0.29, 0.717) is 26.4 Å². The highest BCUT2D eigenvalue weighted by molar-refractivity contribution is 7.86. The SMILES string of the molecule is Cc1ccc(S(=O)(=O)OCCOCCOCCOC(C)C)cc1. The van der Waals surface area contributed by atoms with E-state index in [1.165, 1.54) is 12.1 Å². The Hall–Kier alpha value is -0.990. The van der Waals surface area contributed by atoms with Crippen molar-refractivity contribution in [1.29, 1.82) is 0 Å². The molecule has 0 unspecified atom stereocenters. The minimum absolute atomic E-state index is 0.0212. The van der Waals surface area contributed by atoms with Crippen LogP contribution in [0.2, 0.25) is 0 Å². The lowest BCUT2D eigenvalue weighted by atomic mass is 10.2. The van der Waals surface area contributed by atoms with E-state index >= 15 is 0 Å². The largest absolute Gasteiger partial charge is 0.377 e. The molecule has 1 aromatic carbocycles. The zero-order valence-electron chi connectivity index (χ0n) is 14.0. The smallest absolute Gasteiger partial charge is 0.297 e. The van der Waals surface area contributed by atoms with Crippen LogP contribution in [0.15, 0.2) is 29.2 Å². The van der Waals surface area contributed by atoms with Crippen LogP contribution >= 0.6 is 0 Å². The molecule has 0 aromatic heterocycles. The Labute approximate surface area is 138 Å². The van der Waals surface area contributed by atoms with Crippen molar-refractivity contribution in [2.45, 2.75) is 31.8 Å². The first-order valence-electron chi connectivity index (χ1n) is 7.65. The standard InChI is InChI=1S/C16H26O6S/c1-14(2)21-12-10-19-8-9-20-11-13-22-23(17,18)16-6-4-15(3)5-7-16/h4-7,14H,8-13H2,1-3H3. The molecule has 0 N–H and O–H groups in total. The Morgan fingerprint density at radius 3 is 1.96 bits per heavy atom. The Morgan fingerprint density at radius 1 is 0.870 bits per heavy atom. The van der Waals surface area contributed by atoms with Crippen LogP contribution in [0.1, 0.15) is 19.4 Å². The molecule has 1 rings (SSSR count). The summed E-state index contributed by atoms with van der Waals surface area (Å²) in [6.45, 7) is 7.88. The van der Waals surface area contributed by atoms with Crippen molar-refractivity contribution >= 4 is 10.1 Å². The predicted octanol–water partition coefficient (Wildman–Crippen LogP) is 2.16. The zero-order valence-corrected chi connectivity index (χ0v) is 14.8. The van der Waals surface area contributed by atoms with Crippen molar-refractivity contribution in [3.8, 4) is 0 Å². The third kappa shape index (κ3) is 9.02. The van der Waals surface area contributed by atoms with Gasteiger partial charge < -0.3 is 14.2 Å². The molecule has 0 amide bonds. The van der Waals surface area contributed by atoms with Crippen LogP contribution in [-0.2, 0) is 28.5 Å². The van der Waals surface area contributed by atoms with Crippen LogP contribution in [0.3, 0.4) is 0 Å². The second kappa shape index (κ2) is 10.7. The molecule has 23 heavy (non-hydrogen) atoms. The Morgan fingerprint density at radius 2 is 1.39 bits per heavy atom. The summed E-state index contributed by atoms with van der Waals surface area (Å²) in [6, 6.07) is 6.51. The van der Waals surface area contributed by atoms with Crippen LogP contribution < -0.4 is 0 Å². The van der Waals surface area contributed by atoms with E-state index in [1.807, 2.05) is 20.8 Å². The average Bonchev–Trinajstić information content (AvgIpc) is 2.49. The van der Waals surface area contributed by atoms with E-state index in [2.05, 4.69) is 0 Å². The van der Waals surface area contributed by atoms with Crippen molar-refractivity contribution < 1.29 is 26.8 Å². The lowest BCUT2D eigenvalue weighted by molar-refractivity contribution is -0.00446. The van der Waals surface area contributed by atoms with E-state index in [4.69, 9.17) is 18.4 Å². The third-order valence-electron chi connectivity index (χ3n) is 2.83. The average molecular weight is 346 g/mol. The quantitative estimate of drug-likeness (QED) is 0.427. The summed E-state index contributed by atoms with van der Waals surface area (Å²) < 4.78 is 44.6. The number of aryl methyl sites for hydroxylation is 1. The molecule has 0 aliphatic rings. The summed E-state index contributed by atoms with van der Waals surface area (Å²) in [4.78, 5) is 0.150. The van der Waals surface area contributed by atoms with Crippen molar-refractivity contribution in [1.82, 2.24) is 0 Å². The first-order chi connectivity index (χ1) is 10.9. The molecule has 6 nitrogen and oxygen atoms in total. The molecule has 1 aromatic rings. The number of hydrogen-bond donors (Lipinski definition) is 0. The van der Waals surface area contributed by atoms with E-state index in [9.17, 15) is 8.42 Å². The molecule has 0 saturated carbocycles. The van der Waals surface area contributed by atoms with Crippen LogP contribution in [0, 0.1) is 6.92 Å². The van der Waals surface area contributed by atoms with Gasteiger partial charge in [-0.3, -0.25) is 4.18 Å². The van der Waals surface area contributed by atoms with Crippen LogP contribution in [0.4, 0.5) is 0 Å². The van der Waals surface area contributed by atoms with Crippen LogP contribution in [0.5, 0.6) is 0 Å². The van der Waals surface area contributed by atoms with Crippen LogP contribution in [0.25, 0.3) is 0 Å². The summed E-state index contributed by atoms with van der Waals surface area (Å²) in [5.74, 6) is 0. The van der Waals surface area contributed by atoms with Gasteiger partial charge in [0, 0.05) is 0 Å². The molecule has 132 valence electrons. The molecule has 0 saturated heterocycles. The number of benzene rings is 1. The molecule has 7 heteroatoms. The van der Waals surface area contributed by atoms with E-state index in [0.717, 1.165) is 5.56 Å². The van der Waals surface area contributed by atoms with Gasteiger partial charge in [-0.05, 0) is 32.9 Å². The Kier molecular flexibility index (Phi) is 9.35. The van der Waals surface area contributed by atoms with Gasteiger partial charge in [-0.2, -0.15) is 8.42 Å². The molecular weight excluding hydrogens is 320 g/mol. The van der Waals surface area contributed by atoms with Crippen LogP contribution in [-0.4, -0.2) is 54.2 Å². The third-order valence-corrected chi connectivity index (χ3v) is 4.15. The van der Waals surface area contributed by atoms with E-state index in [1.54, 1.807) is 12.1 Å². The first-order valence-corrected chi connectivity index (χ1v) is 9.06. The maximum Gasteiger partial charge on any atom is 0.297 e. The molecule has 0 atom stereocenters. The fourth-order valence-electron chi connectivity index (χ4n) is 1.64. The van der Waals surface area contributed by atoms with Gasteiger partial charge in [0.05, 0.1) is 50.6 Å². The van der Waals surface area contributed by atoms with Gasteiger partial charge in [0.2, 0.25) is 0 Å². The second-order valence-corrected chi connectivity index (χ2v) is 6.85. The monoisotopic (exact) mass is 346 g/mol. The van der Waals surface area contributed by atoms with Gasteiger partial charge in [0.25, 0.3) is 10.1 Å². The fourth-order valence-corrected chi connectivity index (χ4v) is 2.53. The number of ether oxygens (including phenoxy) is 3. The number of rotatable bonds is 12. The molecule has 0 bridgehead atoms. The highest BCUT2D eigenvalue weighted by atomic mass is 32.2. The lowest BCUT2D eigenvalue weighted by Gasteiger charge is -2.09. The van der Waals surface area contributed by atoms with Gasteiger partial charge in [-0.1, -0.05) is 17.7 Å². The molecule has 0 fully saturated rings. The van der Waals surface area contributed by atoms with Crippen molar-refractivity contribution in [3.05, 3.63) is 29.8 Å². The van der Waals surface area contributed by atoms with Crippen molar-refractivity contribution in [2.24, 2.45) is 0 Å². The van der Waals surface area contributed by atoms with Gasteiger partial charge in [-0.25, -0.2) is 0 Å². The minimum atomic E-state index is -3.72.